The molecule has 1 aromatic carbocycles. The summed E-state index contributed by atoms with van der Waals surface area (Å²) >= 11 is 5.99. The molecule has 20 heavy (non-hydrogen) atoms. The van der Waals surface area contributed by atoms with Crippen molar-refractivity contribution in [2.24, 2.45) is 5.92 Å². The number of hydrogen-bond acceptors (Lipinski definition) is 2. The van der Waals surface area contributed by atoms with Crippen molar-refractivity contribution in [3.8, 4) is 0 Å². The number of aromatic nitrogens is 1. The van der Waals surface area contributed by atoms with Crippen LogP contribution in [0.15, 0.2) is 18.2 Å². The lowest BCUT2D eigenvalue weighted by molar-refractivity contribution is 0.0697. The van der Waals surface area contributed by atoms with Gasteiger partial charge in [0.1, 0.15) is 0 Å². The van der Waals surface area contributed by atoms with E-state index < -0.39 is 5.97 Å². The van der Waals surface area contributed by atoms with E-state index in [4.69, 9.17) is 11.6 Å². The van der Waals surface area contributed by atoms with E-state index in [1.54, 1.807) is 18.2 Å². The monoisotopic (exact) mass is 289 g/mol. The molecule has 4 heteroatoms. The van der Waals surface area contributed by atoms with Gasteiger partial charge in [0.15, 0.2) is 0 Å². The lowest BCUT2D eigenvalue weighted by atomic mass is 9.82. The van der Waals surface area contributed by atoms with Crippen LogP contribution < -0.4 is 0 Å². The van der Waals surface area contributed by atoms with E-state index in [1.807, 2.05) is 0 Å². The summed E-state index contributed by atoms with van der Waals surface area (Å²) in [5, 5.41) is 10.9. The molecule has 1 aliphatic carbocycles. The molecule has 1 heterocycles. The summed E-state index contributed by atoms with van der Waals surface area (Å²) < 4.78 is 0. The Bertz CT molecular complexity index is 696. The predicted octanol–water partition coefficient (Wildman–Crippen LogP) is 4.10. The second-order valence-electron chi connectivity index (χ2n) is 5.40. The van der Waals surface area contributed by atoms with Crippen molar-refractivity contribution in [2.75, 3.05) is 0 Å². The lowest BCUT2D eigenvalue weighted by Crippen LogP contribution is -2.19. The first-order chi connectivity index (χ1) is 9.60. The van der Waals surface area contributed by atoms with E-state index in [9.17, 15) is 9.90 Å². The average molecular weight is 290 g/mol. The number of pyridine rings is 1. The van der Waals surface area contributed by atoms with Crippen LogP contribution in [0, 0.1) is 5.92 Å². The Morgan fingerprint density at radius 2 is 2.30 bits per heavy atom. The van der Waals surface area contributed by atoms with Gasteiger partial charge in [0.2, 0.25) is 0 Å². The van der Waals surface area contributed by atoms with Gasteiger partial charge >= 0.3 is 5.97 Å². The van der Waals surface area contributed by atoms with E-state index in [0.717, 1.165) is 36.9 Å². The van der Waals surface area contributed by atoms with Gasteiger partial charge in [0, 0.05) is 16.1 Å². The SMILES string of the molecule is CCC1CCc2nc3cc(Cl)ccc3c(C(=O)O)c2C1. The number of nitrogens with zero attached hydrogens (tertiary/aromatic N) is 1. The maximum Gasteiger partial charge on any atom is 0.336 e. The summed E-state index contributed by atoms with van der Waals surface area (Å²) in [7, 11) is 0. The molecule has 2 aromatic rings. The number of aryl methyl sites for hydroxylation is 1. The van der Waals surface area contributed by atoms with Gasteiger partial charge < -0.3 is 5.11 Å². The number of halogens is 1. The molecule has 0 spiro atoms. The summed E-state index contributed by atoms with van der Waals surface area (Å²) in [4.78, 5) is 16.3. The number of benzene rings is 1. The van der Waals surface area contributed by atoms with Crippen LogP contribution >= 0.6 is 11.6 Å². The second kappa shape index (κ2) is 5.06. The van der Waals surface area contributed by atoms with Crippen LogP contribution in [0.4, 0.5) is 0 Å². The van der Waals surface area contributed by atoms with Crippen molar-refractivity contribution in [3.05, 3.63) is 40.0 Å². The molecule has 0 bridgehead atoms. The van der Waals surface area contributed by atoms with E-state index in [2.05, 4.69) is 11.9 Å². The molecule has 0 saturated carbocycles. The molecule has 0 fully saturated rings. The van der Waals surface area contributed by atoms with Crippen molar-refractivity contribution >= 4 is 28.5 Å². The van der Waals surface area contributed by atoms with E-state index >= 15 is 0 Å². The maximum atomic E-state index is 11.7. The fourth-order valence-corrected chi connectivity index (χ4v) is 3.25. The fourth-order valence-electron chi connectivity index (χ4n) is 3.08. The fraction of sp³-hybridized carbons (Fsp3) is 0.375. The highest BCUT2D eigenvalue weighted by Gasteiger charge is 2.26. The molecule has 104 valence electrons. The Labute approximate surface area is 122 Å². The number of carboxylic acids is 1. The van der Waals surface area contributed by atoms with Gasteiger partial charge in [0.05, 0.1) is 11.1 Å². The van der Waals surface area contributed by atoms with E-state index in [0.29, 0.717) is 27.4 Å². The van der Waals surface area contributed by atoms with Crippen LogP contribution in [0.5, 0.6) is 0 Å². The van der Waals surface area contributed by atoms with E-state index in [-0.39, 0.29) is 0 Å². The molecule has 1 aromatic heterocycles. The minimum absolute atomic E-state index is 0.416. The molecule has 3 nitrogen and oxygen atoms in total. The minimum Gasteiger partial charge on any atom is -0.478 e. The van der Waals surface area contributed by atoms with Gasteiger partial charge in [-0.15, -0.1) is 0 Å². The van der Waals surface area contributed by atoms with Gasteiger partial charge in [-0.2, -0.15) is 0 Å². The van der Waals surface area contributed by atoms with Gasteiger partial charge in [-0.05, 0) is 42.9 Å². The van der Waals surface area contributed by atoms with Crippen molar-refractivity contribution in [2.45, 2.75) is 32.6 Å². The third-order valence-electron chi connectivity index (χ3n) is 4.21. The highest BCUT2D eigenvalue weighted by Crippen LogP contribution is 2.33. The van der Waals surface area contributed by atoms with Gasteiger partial charge in [-0.25, -0.2) is 4.79 Å². The maximum absolute atomic E-state index is 11.7. The highest BCUT2D eigenvalue weighted by molar-refractivity contribution is 6.31. The topological polar surface area (TPSA) is 50.2 Å². The standard InChI is InChI=1S/C16H16ClNO2/c1-2-9-3-6-13-12(7-9)15(16(19)20)11-5-4-10(17)8-14(11)18-13/h4-5,8-9H,2-3,6-7H2,1H3,(H,19,20). The van der Waals surface area contributed by atoms with Crippen molar-refractivity contribution in [3.63, 3.8) is 0 Å². The zero-order valence-corrected chi connectivity index (χ0v) is 12.1. The third-order valence-corrected chi connectivity index (χ3v) is 4.44. The number of carbonyl (C=O) groups is 1. The summed E-state index contributed by atoms with van der Waals surface area (Å²) in [6.07, 6.45) is 3.84. The number of aromatic carboxylic acids is 1. The molecule has 0 aliphatic heterocycles. The zero-order valence-electron chi connectivity index (χ0n) is 11.3. The van der Waals surface area contributed by atoms with Crippen LogP contribution in [0.2, 0.25) is 5.02 Å². The molecular formula is C16H16ClNO2. The Balaban J connectivity index is 2.29. The number of rotatable bonds is 2. The highest BCUT2D eigenvalue weighted by atomic mass is 35.5. The Hall–Kier alpha value is -1.61. The van der Waals surface area contributed by atoms with Crippen molar-refractivity contribution < 1.29 is 9.90 Å². The lowest BCUT2D eigenvalue weighted by Gasteiger charge is -2.25. The van der Waals surface area contributed by atoms with Crippen LogP contribution in [0.1, 0.15) is 41.4 Å². The molecule has 0 saturated heterocycles. The normalized spacial score (nSPS) is 18.0. The largest absolute Gasteiger partial charge is 0.478 e. The minimum atomic E-state index is -0.868. The molecule has 0 amide bonds. The molecule has 1 N–H and O–H groups in total. The first-order valence-corrected chi connectivity index (χ1v) is 7.32. The van der Waals surface area contributed by atoms with Crippen molar-refractivity contribution in [1.82, 2.24) is 4.98 Å². The molecule has 3 rings (SSSR count). The van der Waals surface area contributed by atoms with Crippen LogP contribution in [0.25, 0.3) is 10.9 Å². The number of carboxylic acid groups (broad SMARTS) is 1. The summed E-state index contributed by atoms with van der Waals surface area (Å²) in [6.45, 7) is 2.16. The molecule has 1 atom stereocenters. The summed E-state index contributed by atoms with van der Waals surface area (Å²) in [5.41, 5.74) is 2.95. The third kappa shape index (κ3) is 2.16. The first-order valence-electron chi connectivity index (χ1n) is 6.94. The van der Waals surface area contributed by atoms with Gasteiger partial charge in [-0.1, -0.05) is 31.0 Å². The van der Waals surface area contributed by atoms with Crippen LogP contribution in [-0.2, 0) is 12.8 Å². The summed E-state index contributed by atoms with van der Waals surface area (Å²) in [5.74, 6) is -0.306. The average Bonchev–Trinajstić information content (AvgIpc) is 2.43. The Kier molecular flexibility index (Phi) is 3.38. The number of fused-ring (bicyclic) bond motifs is 2. The predicted molar refractivity (Wildman–Crippen MR) is 79.5 cm³/mol. The first kappa shape index (κ1) is 13.4. The van der Waals surface area contributed by atoms with Gasteiger partial charge in [-0.3, -0.25) is 4.98 Å². The molecular weight excluding hydrogens is 274 g/mol. The van der Waals surface area contributed by atoms with Crippen LogP contribution in [0.3, 0.4) is 0 Å². The Morgan fingerprint density at radius 1 is 1.50 bits per heavy atom. The number of hydrogen-bond donors (Lipinski definition) is 1. The summed E-state index contributed by atoms with van der Waals surface area (Å²) in [6, 6.07) is 5.24. The smallest absolute Gasteiger partial charge is 0.336 e. The Morgan fingerprint density at radius 3 is 3.00 bits per heavy atom. The van der Waals surface area contributed by atoms with Crippen molar-refractivity contribution in [1.29, 1.82) is 0 Å². The van der Waals surface area contributed by atoms with Crippen LogP contribution in [-0.4, -0.2) is 16.1 Å². The quantitative estimate of drug-likeness (QED) is 0.905. The van der Waals surface area contributed by atoms with Gasteiger partial charge in [0.25, 0.3) is 0 Å². The van der Waals surface area contributed by atoms with E-state index in [1.165, 1.54) is 0 Å². The second-order valence-corrected chi connectivity index (χ2v) is 5.83. The molecule has 1 aliphatic rings. The molecule has 0 radical (unpaired) electrons. The zero-order chi connectivity index (χ0) is 14.3. The molecule has 1 unspecified atom stereocenters.